The van der Waals surface area contributed by atoms with E-state index in [4.69, 9.17) is 4.74 Å². The lowest BCUT2D eigenvalue weighted by Crippen LogP contribution is -2.27. The van der Waals surface area contributed by atoms with Gasteiger partial charge in [0.05, 0.1) is 22.9 Å². The Morgan fingerprint density at radius 2 is 1.61 bits per heavy atom. The van der Waals surface area contributed by atoms with E-state index in [2.05, 4.69) is 5.32 Å². The van der Waals surface area contributed by atoms with Crippen molar-refractivity contribution in [1.29, 1.82) is 0 Å². The van der Waals surface area contributed by atoms with Crippen LogP contribution in [0.5, 0.6) is 5.75 Å². The van der Waals surface area contributed by atoms with Gasteiger partial charge in [0.1, 0.15) is 5.75 Å². The molecule has 2 aromatic carbocycles. The first kappa shape index (κ1) is 24.8. The normalized spacial score (nSPS) is 13.1. The molecule has 0 aliphatic carbocycles. The molecule has 0 saturated heterocycles. The van der Waals surface area contributed by atoms with Gasteiger partial charge in [0, 0.05) is 26.8 Å². The molecule has 1 N–H and O–H groups in total. The van der Waals surface area contributed by atoms with Gasteiger partial charge in [-0.15, -0.1) is 0 Å². The molecule has 2 rings (SSSR count). The molecular weight excluding hydrogens is 440 g/mol. The topological polar surface area (TPSA) is 110 Å². The van der Waals surface area contributed by atoms with E-state index in [1.165, 1.54) is 45.5 Å². The highest BCUT2D eigenvalue weighted by Crippen LogP contribution is 2.25. The Kier molecular flexibility index (Phi) is 7.85. The number of benzene rings is 2. The zero-order valence-electron chi connectivity index (χ0n) is 18.2. The van der Waals surface area contributed by atoms with Gasteiger partial charge >= 0.3 is 0 Å². The number of hydrogen-bond acceptors (Lipinski definition) is 6. The second-order valence-electron chi connectivity index (χ2n) is 7.39. The molecule has 0 aliphatic rings. The lowest BCUT2D eigenvalue weighted by molar-refractivity contribution is -0.121. The molecule has 0 unspecified atom stereocenters. The lowest BCUT2D eigenvalue weighted by atomic mass is 10.1. The van der Waals surface area contributed by atoms with E-state index in [9.17, 15) is 21.6 Å². The van der Waals surface area contributed by atoms with Crippen molar-refractivity contribution in [3.05, 3.63) is 53.6 Å². The van der Waals surface area contributed by atoms with Crippen molar-refractivity contribution >= 4 is 25.8 Å². The van der Waals surface area contributed by atoms with Gasteiger partial charge in [0.2, 0.25) is 15.9 Å². The molecule has 0 aliphatic heterocycles. The van der Waals surface area contributed by atoms with Gasteiger partial charge in [0.25, 0.3) is 0 Å². The predicted molar refractivity (Wildman–Crippen MR) is 118 cm³/mol. The lowest BCUT2D eigenvalue weighted by Gasteiger charge is -2.16. The van der Waals surface area contributed by atoms with Gasteiger partial charge in [0.15, 0.2) is 9.84 Å². The number of sulfone groups is 1. The first-order chi connectivity index (χ1) is 14.4. The van der Waals surface area contributed by atoms with E-state index in [1.807, 2.05) is 0 Å². The first-order valence-electron chi connectivity index (χ1n) is 9.55. The number of sulfonamides is 1. The van der Waals surface area contributed by atoms with Crippen LogP contribution in [0.4, 0.5) is 0 Å². The fourth-order valence-electron chi connectivity index (χ4n) is 2.97. The molecule has 31 heavy (non-hydrogen) atoms. The van der Waals surface area contributed by atoms with E-state index in [1.54, 1.807) is 25.1 Å². The van der Waals surface area contributed by atoms with Crippen molar-refractivity contribution in [3.63, 3.8) is 0 Å². The fourth-order valence-corrected chi connectivity index (χ4v) is 4.55. The number of hydrogen-bond donors (Lipinski definition) is 1. The van der Waals surface area contributed by atoms with Crippen LogP contribution < -0.4 is 10.1 Å². The van der Waals surface area contributed by atoms with Crippen LogP contribution in [0.3, 0.4) is 0 Å². The Bertz CT molecular complexity index is 1140. The van der Waals surface area contributed by atoms with Crippen LogP contribution in [0.15, 0.2) is 52.3 Å². The number of aryl methyl sites for hydroxylation is 1. The van der Waals surface area contributed by atoms with Gasteiger partial charge in [-0.2, -0.15) is 0 Å². The van der Waals surface area contributed by atoms with Crippen molar-refractivity contribution in [1.82, 2.24) is 9.62 Å². The fraction of sp³-hybridized carbons (Fsp3) is 0.381. The summed E-state index contributed by atoms with van der Waals surface area (Å²) < 4.78 is 54.3. The third-order valence-corrected chi connectivity index (χ3v) is 7.78. The molecule has 0 saturated carbocycles. The molecule has 0 aromatic heterocycles. The number of rotatable bonds is 9. The van der Waals surface area contributed by atoms with Crippen LogP contribution in [0.25, 0.3) is 0 Å². The average Bonchev–Trinajstić information content (AvgIpc) is 2.71. The van der Waals surface area contributed by atoms with Crippen LogP contribution in [0, 0.1) is 0 Å². The molecule has 1 atom stereocenters. The van der Waals surface area contributed by atoms with Crippen LogP contribution in [0.1, 0.15) is 30.5 Å². The van der Waals surface area contributed by atoms with Crippen LogP contribution in [-0.2, 0) is 31.1 Å². The number of ether oxygens (including phenoxy) is 1. The van der Waals surface area contributed by atoms with Crippen molar-refractivity contribution < 1.29 is 26.4 Å². The highest BCUT2D eigenvalue weighted by atomic mass is 32.2. The standard InChI is InChI=1S/C21H28N2O6S2/c1-15(16-6-9-18(10-7-16)30(5,25)26)22-21(24)13-8-17-14-19(11-12-20(17)29-4)31(27,28)23(2)3/h6-7,9-12,14-15H,8,13H2,1-5H3,(H,22,24)/t15-/m1/s1. The second-order valence-corrected chi connectivity index (χ2v) is 11.6. The molecule has 0 bridgehead atoms. The Balaban J connectivity index is 2.08. The Labute approximate surface area is 184 Å². The summed E-state index contributed by atoms with van der Waals surface area (Å²) in [6.07, 6.45) is 1.57. The van der Waals surface area contributed by atoms with Crippen LogP contribution >= 0.6 is 0 Å². The van der Waals surface area contributed by atoms with Gasteiger partial charge in [-0.05, 0) is 54.8 Å². The van der Waals surface area contributed by atoms with E-state index in [0.29, 0.717) is 17.7 Å². The Morgan fingerprint density at radius 3 is 2.13 bits per heavy atom. The van der Waals surface area contributed by atoms with Crippen LogP contribution in [-0.4, -0.2) is 54.5 Å². The van der Waals surface area contributed by atoms with Crippen molar-refractivity contribution in [2.75, 3.05) is 27.5 Å². The molecule has 0 spiro atoms. The van der Waals surface area contributed by atoms with E-state index in [-0.39, 0.29) is 28.2 Å². The smallest absolute Gasteiger partial charge is 0.242 e. The van der Waals surface area contributed by atoms with E-state index in [0.717, 1.165) is 16.1 Å². The predicted octanol–water partition coefficient (Wildman–Crippen LogP) is 2.16. The largest absolute Gasteiger partial charge is 0.496 e. The maximum atomic E-state index is 12.4. The van der Waals surface area contributed by atoms with Gasteiger partial charge in [-0.3, -0.25) is 4.79 Å². The summed E-state index contributed by atoms with van der Waals surface area (Å²) in [7, 11) is -2.48. The number of amides is 1. The molecule has 10 heteroatoms. The summed E-state index contributed by atoms with van der Waals surface area (Å²) in [4.78, 5) is 12.8. The molecule has 8 nitrogen and oxygen atoms in total. The Morgan fingerprint density at radius 1 is 1.03 bits per heavy atom. The van der Waals surface area contributed by atoms with E-state index >= 15 is 0 Å². The monoisotopic (exact) mass is 468 g/mol. The zero-order chi connectivity index (χ0) is 23.4. The maximum Gasteiger partial charge on any atom is 0.242 e. The first-order valence-corrected chi connectivity index (χ1v) is 12.9. The molecule has 0 radical (unpaired) electrons. The third kappa shape index (κ3) is 6.28. The summed E-state index contributed by atoms with van der Waals surface area (Å²) >= 11 is 0. The number of nitrogens with zero attached hydrogens (tertiary/aromatic N) is 1. The maximum absolute atomic E-state index is 12.4. The molecular formula is C21H28N2O6S2. The second kappa shape index (κ2) is 9.80. The SMILES string of the molecule is COc1ccc(S(=O)(=O)N(C)C)cc1CCC(=O)N[C@H](C)c1ccc(S(C)(=O)=O)cc1. The van der Waals surface area contributed by atoms with Crippen molar-refractivity contribution in [3.8, 4) is 5.75 Å². The molecule has 1 amide bonds. The Hall–Kier alpha value is -2.43. The molecule has 0 fully saturated rings. The molecule has 2 aromatic rings. The zero-order valence-corrected chi connectivity index (χ0v) is 19.9. The number of carbonyl (C=O) groups excluding carboxylic acids is 1. The van der Waals surface area contributed by atoms with Crippen molar-refractivity contribution in [2.45, 2.75) is 35.6 Å². The number of nitrogens with one attached hydrogen (secondary N) is 1. The highest BCUT2D eigenvalue weighted by molar-refractivity contribution is 7.90. The molecule has 170 valence electrons. The van der Waals surface area contributed by atoms with Crippen LogP contribution in [0.2, 0.25) is 0 Å². The minimum absolute atomic E-state index is 0.132. The van der Waals surface area contributed by atoms with Crippen molar-refractivity contribution in [2.24, 2.45) is 0 Å². The third-order valence-electron chi connectivity index (χ3n) is 4.84. The summed E-state index contributed by atoms with van der Waals surface area (Å²) in [5.41, 5.74) is 1.39. The van der Waals surface area contributed by atoms with Gasteiger partial charge in [-0.1, -0.05) is 12.1 Å². The summed E-state index contributed by atoms with van der Waals surface area (Å²) in [5.74, 6) is 0.289. The summed E-state index contributed by atoms with van der Waals surface area (Å²) in [5, 5.41) is 2.87. The minimum Gasteiger partial charge on any atom is -0.496 e. The quantitative estimate of drug-likeness (QED) is 0.604. The number of methoxy groups -OCH3 is 1. The molecule has 0 heterocycles. The summed E-state index contributed by atoms with van der Waals surface area (Å²) in [6, 6.07) is 10.6. The van der Waals surface area contributed by atoms with Gasteiger partial charge < -0.3 is 10.1 Å². The van der Waals surface area contributed by atoms with Gasteiger partial charge in [-0.25, -0.2) is 21.1 Å². The minimum atomic E-state index is -3.60. The van der Waals surface area contributed by atoms with E-state index < -0.39 is 19.9 Å². The highest BCUT2D eigenvalue weighted by Gasteiger charge is 2.19. The average molecular weight is 469 g/mol. The summed E-state index contributed by atoms with van der Waals surface area (Å²) in [6.45, 7) is 1.80. The number of carbonyl (C=O) groups is 1.